The smallest absolute Gasteiger partial charge is 0.298 e. The van der Waals surface area contributed by atoms with Crippen LogP contribution in [0.3, 0.4) is 0 Å². The number of aromatic hydroxyl groups is 1. The summed E-state index contributed by atoms with van der Waals surface area (Å²) in [6.45, 7) is 4.18. The molecule has 1 saturated heterocycles. The van der Waals surface area contributed by atoms with Gasteiger partial charge in [-0.15, -0.1) is 0 Å². The summed E-state index contributed by atoms with van der Waals surface area (Å²) in [5.41, 5.74) is 2.28. The van der Waals surface area contributed by atoms with Crippen LogP contribution in [0.1, 0.15) is 18.1 Å². The first-order valence-electron chi connectivity index (χ1n) is 7.80. The van der Waals surface area contributed by atoms with Gasteiger partial charge >= 0.3 is 0 Å². The van der Waals surface area contributed by atoms with Gasteiger partial charge in [0.25, 0.3) is 11.1 Å². The van der Waals surface area contributed by atoms with Gasteiger partial charge in [0.05, 0.1) is 17.2 Å². The van der Waals surface area contributed by atoms with Crippen molar-refractivity contribution in [2.45, 2.75) is 13.8 Å². The number of ether oxygens (including phenoxy) is 1. The fourth-order valence-electron chi connectivity index (χ4n) is 2.43. The number of hydrogen-bond acceptors (Lipinski definition) is 5. The Morgan fingerprint density at radius 3 is 2.56 bits per heavy atom. The lowest BCUT2D eigenvalue weighted by molar-refractivity contribution is -0.113. The Labute approximate surface area is 149 Å². The Kier molecular flexibility index (Phi) is 4.81. The number of hydrogen-bond donors (Lipinski definition) is 1. The molecule has 2 aromatic rings. The second kappa shape index (κ2) is 7.03. The van der Waals surface area contributed by atoms with Gasteiger partial charge in [0.15, 0.2) is 11.5 Å². The van der Waals surface area contributed by atoms with Crippen molar-refractivity contribution >= 4 is 34.7 Å². The molecular weight excluding hydrogens is 338 g/mol. The van der Waals surface area contributed by atoms with Crippen molar-refractivity contribution in [3.05, 3.63) is 58.5 Å². The van der Waals surface area contributed by atoms with E-state index < -0.39 is 0 Å². The quantitative estimate of drug-likeness (QED) is 0.827. The van der Waals surface area contributed by atoms with Crippen LogP contribution in [0.25, 0.3) is 6.08 Å². The Hall–Kier alpha value is -2.73. The van der Waals surface area contributed by atoms with Crippen molar-refractivity contribution in [2.75, 3.05) is 11.5 Å². The largest absolute Gasteiger partial charge is 0.504 e. The Bertz CT molecular complexity index is 858. The predicted molar refractivity (Wildman–Crippen MR) is 98.9 cm³/mol. The van der Waals surface area contributed by atoms with Gasteiger partial charge in [-0.25, -0.2) is 4.90 Å². The van der Waals surface area contributed by atoms with Crippen LogP contribution in [0, 0.1) is 6.92 Å². The highest BCUT2D eigenvalue weighted by molar-refractivity contribution is 8.19. The van der Waals surface area contributed by atoms with Crippen LogP contribution in [-0.2, 0) is 4.79 Å². The van der Waals surface area contributed by atoms with E-state index in [4.69, 9.17) is 4.74 Å². The second-order valence-corrected chi connectivity index (χ2v) is 6.51. The minimum Gasteiger partial charge on any atom is -0.504 e. The zero-order chi connectivity index (χ0) is 18.0. The molecule has 1 aliphatic heterocycles. The highest BCUT2D eigenvalue weighted by Crippen LogP contribution is 2.36. The van der Waals surface area contributed by atoms with E-state index in [1.54, 1.807) is 30.3 Å². The Morgan fingerprint density at radius 2 is 1.88 bits per heavy atom. The molecule has 1 heterocycles. The zero-order valence-electron chi connectivity index (χ0n) is 13.9. The van der Waals surface area contributed by atoms with Gasteiger partial charge < -0.3 is 9.84 Å². The van der Waals surface area contributed by atoms with Gasteiger partial charge in [-0.1, -0.05) is 23.8 Å². The van der Waals surface area contributed by atoms with Crippen molar-refractivity contribution in [3.63, 3.8) is 0 Å². The van der Waals surface area contributed by atoms with Crippen LogP contribution in [0.4, 0.5) is 10.5 Å². The third kappa shape index (κ3) is 3.53. The van der Waals surface area contributed by atoms with Crippen molar-refractivity contribution in [3.8, 4) is 11.5 Å². The number of carbonyl (C=O) groups is 2. The molecule has 25 heavy (non-hydrogen) atoms. The van der Waals surface area contributed by atoms with Crippen molar-refractivity contribution < 1.29 is 19.4 Å². The normalized spacial score (nSPS) is 15.9. The summed E-state index contributed by atoms with van der Waals surface area (Å²) >= 11 is 0.894. The molecule has 0 atom stereocenters. The molecule has 0 aromatic heterocycles. The minimum atomic E-state index is -0.357. The third-order valence-corrected chi connectivity index (χ3v) is 4.54. The van der Waals surface area contributed by atoms with Crippen molar-refractivity contribution in [2.24, 2.45) is 0 Å². The molecule has 2 amide bonds. The first-order chi connectivity index (χ1) is 12.0. The second-order valence-electron chi connectivity index (χ2n) is 5.51. The third-order valence-electron chi connectivity index (χ3n) is 3.67. The number of nitrogens with zero attached hydrogens (tertiary/aromatic N) is 1. The number of thioether (sulfide) groups is 1. The lowest BCUT2D eigenvalue weighted by Gasteiger charge is -2.12. The summed E-state index contributed by atoms with van der Waals surface area (Å²) < 4.78 is 5.34. The number of aryl methyl sites for hydroxylation is 1. The molecule has 0 aliphatic carbocycles. The molecule has 0 radical (unpaired) electrons. The number of anilines is 1. The maximum absolute atomic E-state index is 12.6. The first-order valence-corrected chi connectivity index (χ1v) is 8.61. The fraction of sp³-hybridized carbons (Fsp3) is 0.158. The monoisotopic (exact) mass is 355 g/mol. The molecule has 0 saturated carbocycles. The summed E-state index contributed by atoms with van der Waals surface area (Å²) in [6.07, 6.45) is 1.63. The standard InChI is InChI=1S/C19H17NO4S/c1-3-24-16-10-13(6-9-15(16)21)11-17-18(22)20(19(23)25-17)14-7-4-12(2)5-8-14/h4-11,21H,3H2,1-2H3. The molecule has 5 nitrogen and oxygen atoms in total. The Morgan fingerprint density at radius 1 is 1.16 bits per heavy atom. The molecular formula is C19H17NO4S. The van der Waals surface area contributed by atoms with Crippen LogP contribution in [0.2, 0.25) is 0 Å². The molecule has 3 rings (SSSR count). The molecule has 1 aliphatic rings. The van der Waals surface area contributed by atoms with Crippen molar-refractivity contribution in [1.29, 1.82) is 0 Å². The van der Waals surface area contributed by atoms with E-state index in [0.29, 0.717) is 28.5 Å². The van der Waals surface area contributed by atoms with Gasteiger partial charge in [-0.3, -0.25) is 9.59 Å². The molecule has 128 valence electrons. The number of imide groups is 1. The molecule has 0 spiro atoms. The van der Waals surface area contributed by atoms with Crippen LogP contribution < -0.4 is 9.64 Å². The summed E-state index contributed by atoms with van der Waals surface area (Å²) in [7, 11) is 0. The molecule has 6 heteroatoms. The average Bonchev–Trinajstić information content (AvgIpc) is 2.86. The van der Waals surface area contributed by atoms with Gasteiger partial charge in [-0.2, -0.15) is 0 Å². The summed E-state index contributed by atoms with van der Waals surface area (Å²) in [6, 6.07) is 12.0. The van der Waals surface area contributed by atoms with Crippen LogP contribution >= 0.6 is 11.8 Å². The van der Waals surface area contributed by atoms with E-state index in [1.807, 2.05) is 26.0 Å². The maximum atomic E-state index is 12.6. The highest BCUT2D eigenvalue weighted by Gasteiger charge is 2.36. The number of phenolic OH excluding ortho intramolecular Hbond substituents is 1. The van der Waals surface area contributed by atoms with Crippen LogP contribution in [0.15, 0.2) is 47.4 Å². The summed E-state index contributed by atoms with van der Waals surface area (Å²) in [5, 5.41) is 9.42. The highest BCUT2D eigenvalue weighted by atomic mass is 32.2. The Balaban J connectivity index is 1.90. The predicted octanol–water partition coefficient (Wildman–Crippen LogP) is 4.34. The molecule has 1 N–H and O–H groups in total. The first kappa shape index (κ1) is 17.1. The fourth-order valence-corrected chi connectivity index (χ4v) is 3.27. The molecule has 0 bridgehead atoms. The molecule has 0 unspecified atom stereocenters. The van der Waals surface area contributed by atoms with E-state index in [0.717, 1.165) is 17.3 Å². The average molecular weight is 355 g/mol. The summed E-state index contributed by atoms with van der Waals surface area (Å²) in [5.74, 6) is 0.0191. The van der Waals surface area contributed by atoms with E-state index in [9.17, 15) is 14.7 Å². The van der Waals surface area contributed by atoms with Crippen LogP contribution in [0.5, 0.6) is 11.5 Å². The zero-order valence-corrected chi connectivity index (χ0v) is 14.7. The van der Waals surface area contributed by atoms with Crippen molar-refractivity contribution in [1.82, 2.24) is 0 Å². The van der Waals surface area contributed by atoms with Gasteiger partial charge in [0.2, 0.25) is 0 Å². The SMILES string of the molecule is CCOc1cc(C=C2SC(=O)N(c3ccc(C)cc3)C2=O)ccc1O. The number of rotatable bonds is 4. The van der Waals surface area contributed by atoms with Gasteiger partial charge in [0, 0.05) is 0 Å². The van der Waals surface area contributed by atoms with E-state index in [2.05, 4.69) is 0 Å². The number of benzene rings is 2. The number of carbonyl (C=O) groups excluding carboxylic acids is 2. The van der Waals surface area contributed by atoms with Gasteiger partial charge in [-0.05, 0) is 61.5 Å². The maximum Gasteiger partial charge on any atom is 0.298 e. The topological polar surface area (TPSA) is 66.8 Å². The molecule has 2 aromatic carbocycles. The van der Waals surface area contributed by atoms with Crippen LogP contribution in [-0.4, -0.2) is 22.9 Å². The number of amides is 2. The summed E-state index contributed by atoms with van der Waals surface area (Å²) in [4.78, 5) is 26.4. The number of phenols is 1. The lowest BCUT2D eigenvalue weighted by Crippen LogP contribution is -2.27. The van der Waals surface area contributed by atoms with E-state index in [1.165, 1.54) is 11.0 Å². The lowest BCUT2D eigenvalue weighted by atomic mass is 10.1. The van der Waals surface area contributed by atoms with E-state index >= 15 is 0 Å². The van der Waals surface area contributed by atoms with Gasteiger partial charge in [0.1, 0.15) is 0 Å². The van der Waals surface area contributed by atoms with E-state index in [-0.39, 0.29) is 16.9 Å². The molecule has 1 fully saturated rings. The minimum absolute atomic E-state index is 0.0340.